The van der Waals surface area contributed by atoms with E-state index in [-0.39, 0.29) is 12.2 Å². The molecule has 0 aromatic carbocycles. The molecule has 0 unspecified atom stereocenters. The second-order valence-corrected chi connectivity index (χ2v) is 6.13. The van der Waals surface area contributed by atoms with Crippen LogP contribution in [0.5, 0.6) is 5.88 Å². The monoisotopic (exact) mass is 311 g/mol. The molecule has 5 nitrogen and oxygen atoms in total. The zero-order valence-corrected chi connectivity index (χ0v) is 13.0. The molecule has 1 aliphatic carbocycles. The van der Waals surface area contributed by atoms with Crippen molar-refractivity contribution in [2.45, 2.75) is 37.6 Å². The topological polar surface area (TPSA) is 47.5 Å². The van der Waals surface area contributed by atoms with Gasteiger partial charge in [-0.15, -0.1) is 0 Å². The lowest BCUT2D eigenvalue weighted by Crippen LogP contribution is -2.51. The summed E-state index contributed by atoms with van der Waals surface area (Å²) in [6, 6.07) is 10.4. The molecule has 120 valence electrons. The maximum atomic E-state index is 6.07. The fourth-order valence-corrected chi connectivity index (χ4v) is 3.61. The van der Waals surface area contributed by atoms with Gasteiger partial charge in [-0.2, -0.15) is 0 Å². The van der Waals surface area contributed by atoms with Gasteiger partial charge in [0.15, 0.2) is 0 Å². The van der Waals surface area contributed by atoms with Crippen LogP contribution in [0.1, 0.15) is 18.4 Å². The first-order chi connectivity index (χ1) is 11.4. The SMILES string of the molecule is c1ccc(O[C@@H]2CC[C@H]3[C@H]2OCCN3Cc2ccncc2)nc1. The molecule has 5 heteroatoms. The largest absolute Gasteiger partial charge is 0.472 e. The summed E-state index contributed by atoms with van der Waals surface area (Å²) in [5, 5.41) is 0. The Balaban J connectivity index is 1.44. The number of morpholine rings is 1. The molecular weight excluding hydrogens is 290 g/mol. The van der Waals surface area contributed by atoms with Gasteiger partial charge in [-0.05, 0) is 36.6 Å². The van der Waals surface area contributed by atoms with Crippen LogP contribution in [0.2, 0.25) is 0 Å². The Labute approximate surface area is 136 Å². The highest BCUT2D eigenvalue weighted by atomic mass is 16.5. The zero-order chi connectivity index (χ0) is 15.5. The molecule has 2 fully saturated rings. The van der Waals surface area contributed by atoms with Gasteiger partial charge in [0.1, 0.15) is 12.2 Å². The second kappa shape index (κ2) is 6.64. The quantitative estimate of drug-likeness (QED) is 0.867. The van der Waals surface area contributed by atoms with Gasteiger partial charge in [-0.25, -0.2) is 4.98 Å². The third-order valence-electron chi connectivity index (χ3n) is 4.70. The van der Waals surface area contributed by atoms with Crippen LogP contribution < -0.4 is 4.74 Å². The first-order valence-corrected chi connectivity index (χ1v) is 8.22. The van der Waals surface area contributed by atoms with Crippen LogP contribution in [-0.2, 0) is 11.3 Å². The number of ether oxygens (including phenoxy) is 2. The number of hydrogen-bond acceptors (Lipinski definition) is 5. The van der Waals surface area contributed by atoms with Gasteiger partial charge in [-0.3, -0.25) is 9.88 Å². The van der Waals surface area contributed by atoms with Crippen molar-refractivity contribution in [3.05, 3.63) is 54.5 Å². The summed E-state index contributed by atoms with van der Waals surface area (Å²) in [7, 11) is 0. The lowest BCUT2D eigenvalue weighted by Gasteiger charge is -2.39. The Hall–Kier alpha value is -1.98. The Morgan fingerprint density at radius 3 is 2.87 bits per heavy atom. The normalized spacial score (nSPS) is 27.6. The van der Waals surface area contributed by atoms with Crippen LogP contribution >= 0.6 is 0 Å². The van der Waals surface area contributed by atoms with Gasteiger partial charge in [0.25, 0.3) is 0 Å². The van der Waals surface area contributed by atoms with E-state index in [1.54, 1.807) is 6.20 Å². The highest BCUT2D eigenvalue weighted by Gasteiger charge is 2.44. The van der Waals surface area contributed by atoms with E-state index >= 15 is 0 Å². The van der Waals surface area contributed by atoms with E-state index in [0.717, 1.165) is 32.5 Å². The minimum atomic E-state index is 0.0927. The number of rotatable bonds is 4. The average molecular weight is 311 g/mol. The molecule has 3 atom stereocenters. The van der Waals surface area contributed by atoms with E-state index in [1.165, 1.54) is 5.56 Å². The Kier molecular flexibility index (Phi) is 4.22. The van der Waals surface area contributed by atoms with Crippen LogP contribution in [0.25, 0.3) is 0 Å². The molecule has 0 bridgehead atoms. The predicted molar refractivity (Wildman–Crippen MR) is 86.1 cm³/mol. The molecular formula is C18H21N3O2. The van der Waals surface area contributed by atoms with Crippen molar-refractivity contribution in [1.29, 1.82) is 0 Å². The van der Waals surface area contributed by atoms with E-state index in [1.807, 2.05) is 30.6 Å². The predicted octanol–water partition coefficient (Wildman–Crippen LogP) is 2.29. The molecule has 2 aliphatic rings. The first-order valence-electron chi connectivity index (χ1n) is 8.22. The van der Waals surface area contributed by atoms with E-state index < -0.39 is 0 Å². The molecule has 2 aromatic heterocycles. The third kappa shape index (κ3) is 3.21. The van der Waals surface area contributed by atoms with Gasteiger partial charge in [0.2, 0.25) is 5.88 Å². The van der Waals surface area contributed by atoms with E-state index in [9.17, 15) is 0 Å². The summed E-state index contributed by atoms with van der Waals surface area (Å²) in [5.41, 5.74) is 1.30. The summed E-state index contributed by atoms with van der Waals surface area (Å²) < 4.78 is 12.1. The molecule has 0 amide bonds. The summed E-state index contributed by atoms with van der Waals surface area (Å²) in [6.07, 6.45) is 7.82. The first kappa shape index (κ1) is 14.6. The summed E-state index contributed by atoms with van der Waals surface area (Å²) >= 11 is 0. The number of aromatic nitrogens is 2. The van der Waals surface area contributed by atoms with Crippen molar-refractivity contribution in [3.63, 3.8) is 0 Å². The van der Waals surface area contributed by atoms with Gasteiger partial charge in [0.05, 0.1) is 6.61 Å². The number of pyridine rings is 2. The molecule has 3 heterocycles. The molecule has 4 rings (SSSR count). The van der Waals surface area contributed by atoms with E-state index in [2.05, 4.69) is 27.0 Å². The van der Waals surface area contributed by atoms with Crippen LogP contribution in [0.3, 0.4) is 0 Å². The third-order valence-corrected chi connectivity index (χ3v) is 4.70. The summed E-state index contributed by atoms with van der Waals surface area (Å²) in [6.45, 7) is 2.68. The lowest BCUT2D eigenvalue weighted by molar-refractivity contribution is -0.0922. The standard InChI is InChI=1S/C18H21N3O2/c1-2-8-20-17(3-1)23-16-5-4-15-18(16)22-12-11-21(15)13-14-6-9-19-10-7-14/h1-3,6-10,15-16,18H,4-5,11-13H2/t15-,16+,18+/m0/s1. The summed E-state index contributed by atoms with van der Waals surface area (Å²) in [5.74, 6) is 0.688. The van der Waals surface area contributed by atoms with Crippen LogP contribution in [0.4, 0.5) is 0 Å². The van der Waals surface area contributed by atoms with Crippen molar-refractivity contribution in [3.8, 4) is 5.88 Å². The Morgan fingerprint density at radius 2 is 2.04 bits per heavy atom. The molecule has 1 saturated heterocycles. The van der Waals surface area contributed by atoms with Crippen molar-refractivity contribution in [2.75, 3.05) is 13.2 Å². The number of hydrogen-bond donors (Lipinski definition) is 0. The van der Waals surface area contributed by atoms with Crippen molar-refractivity contribution >= 4 is 0 Å². The van der Waals surface area contributed by atoms with E-state index in [4.69, 9.17) is 9.47 Å². The Bertz CT molecular complexity index is 623. The van der Waals surface area contributed by atoms with Crippen LogP contribution in [0.15, 0.2) is 48.9 Å². The second-order valence-electron chi connectivity index (χ2n) is 6.13. The lowest BCUT2D eigenvalue weighted by atomic mass is 10.1. The molecule has 1 saturated carbocycles. The van der Waals surface area contributed by atoms with Crippen molar-refractivity contribution < 1.29 is 9.47 Å². The highest BCUT2D eigenvalue weighted by Crippen LogP contribution is 2.33. The smallest absolute Gasteiger partial charge is 0.213 e. The van der Waals surface area contributed by atoms with Crippen LogP contribution in [0, 0.1) is 0 Å². The number of fused-ring (bicyclic) bond motifs is 1. The van der Waals surface area contributed by atoms with Crippen molar-refractivity contribution in [1.82, 2.24) is 14.9 Å². The molecule has 0 N–H and O–H groups in total. The van der Waals surface area contributed by atoms with Gasteiger partial charge >= 0.3 is 0 Å². The van der Waals surface area contributed by atoms with Crippen molar-refractivity contribution in [2.24, 2.45) is 0 Å². The van der Waals surface area contributed by atoms with Crippen LogP contribution in [-0.4, -0.2) is 46.3 Å². The molecule has 0 spiro atoms. The van der Waals surface area contributed by atoms with Gasteiger partial charge in [-0.1, -0.05) is 6.07 Å². The Morgan fingerprint density at radius 1 is 1.13 bits per heavy atom. The molecule has 2 aromatic rings. The summed E-state index contributed by atoms with van der Waals surface area (Å²) in [4.78, 5) is 10.9. The molecule has 0 radical (unpaired) electrons. The fraction of sp³-hybridized carbons (Fsp3) is 0.444. The average Bonchev–Trinajstić information content (AvgIpc) is 3.01. The maximum Gasteiger partial charge on any atom is 0.213 e. The maximum absolute atomic E-state index is 6.07. The fourth-order valence-electron chi connectivity index (χ4n) is 3.61. The zero-order valence-electron chi connectivity index (χ0n) is 13.0. The molecule has 1 aliphatic heterocycles. The van der Waals surface area contributed by atoms with Gasteiger partial charge in [0, 0.05) is 43.8 Å². The number of nitrogens with zero attached hydrogens (tertiary/aromatic N) is 3. The minimum absolute atomic E-state index is 0.0927. The highest BCUT2D eigenvalue weighted by molar-refractivity contribution is 5.13. The van der Waals surface area contributed by atoms with Gasteiger partial charge < -0.3 is 9.47 Å². The minimum Gasteiger partial charge on any atom is -0.472 e. The van der Waals surface area contributed by atoms with E-state index in [0.29, 0.717) is 11.9 Å². The molecule has 23 heavy (non-hydrogen) atoms.